The second-order valence-electron chi connectivity index (χ2n) is 3.78. The first-order valence-electron chi connectivity index (χ1n) is 5.13. The molecule has 0 saturated heterocycles. The largest absolute Gasteiger partial charge is 0.377 e. The molecule has 0 radical (unpaired) electrons. The fourth-order valence-corrected chi connectivity index (χ4v) is 2.11. The molecule has 0 bridgehead atoms. The Bertz CT molecular complexity index is 575. The van der Waals surface area contributed by atoms with E-state index in [9.17, 15) is 0 Å². The Morgan fingerprint density at radius 2 is 2.22 bits per heavy atom. The molecule has 7 nitrogen and oxygen atoms in total. The van der Waals surface area contributed by atoms with E-state index in [-0.39, 0.29) is 5.95 Å². The van der Waals surface area contributed by atoms with Gasteiger partial charge in [-0.2, -0.15) is 5.10 Å². The zero-order valence-corrected chi connectivity index (χ0v) is 11.5. The number of anilines is 2. The van der Waals surface area contributed by atoms with Crippen molar-refractivity contribution in [1.82, 2.24) is 20.3 Å². The predicted octanol–water partition coefficient (Wildman–Crippen LogP) is 0.966. The predicted molar refractivity (Wildman–Crippen MR) is 73.7 cm³/mol. The zero-order valence-electron chi connectivity index (χ0n) is 9.95. The summed E-state index contributed by atoms with van der Waals surface area (Å²) in [7, 11) is 3.96. The van der Waals surface area contributed by atoms with Gasteiger partial charge in [-0.05, 0) is 44.1 Å². The van der Waals surface area contributed by atoms with Crippen molar-refractivity contribution in [3.8, 4) is 0 Å². The van der Waals surface area contributed by atoms with Crippen LogP contribution in [0.1, 0.15) is 5.56 Å². The Hall–Kier alpha value is -1.96. The third-order valence-electron chi connectivity index (χ3n) is 2.25. The molecule has 0 aliphatic rings. The number of nitrogen functional groups attached to an aromatic ring is 1. The maximum Gasteiger partial charge on any atom is 0.263 e. The summed E-state index contributed by atoms with van der Waals surface area (Å²) >= 11 is 3.51. The van der Waals surface area contributed by atoms with E-state index in [2.05, 4.69) is 36.6 Å². The minimum atomic E-state index is 0.148. The van der Waals surface area contributed by atoms with E-state index in [0.29, 0.717) is 0 Å². The summed E-state index contributed by atoms with van der Waals surface area (Å²) in [4.78, 5) is 3.18. The third-order valence-corrected chi connectivity index (χ3v) is 2.88. The fourth-order valence-electron chi connectivity index (χ4n) is 1.36. The second-order valence-corrected chi connectivity index (χ2v) is 4.63. The topological polar surface area (TPSA) is 85.2 Å². The Labute approximate surface area is 112 Å². The van der Waals surface area contributed by atoms with Gasteiger partial charge in [-0.15, -0.1) is 0 Å². The SMILES string of the molecule is CN(C)c1ccc(/C=N/n2nnnc2N)cc1Br. The Morgan fingerprint density at radius 3 is 2.78 bits per heavy atom. The van der Waals surface area contributed by atoms with Gasteiger partial charge in [0.15, 0.2) is 0 Å². The Morgan fingerprint density at radius 1 is 1.44 bits per heavy atom. The second kappa shape index (κ2) is 5.13. The monoisotopic (exact) mass is 309 g/mol. The molecule has 1 aromatic heterocycles. The van der Waals surface area contributed by atoms with Gasteiger partial charge in [0.25, 0.3) is 5.95 Å². The van der Waals surface area contributed by atoms with E-state index >= 15 is 0 Å². The highest BCUT2D eigenvalue weighted by Gasteiger charge is 2.02. The average Bonchev–Trinajstić information content (AvgIpc) is 2.72. The molecule has 2 aromatic rings. The van der Waals surface area contributed by atoms with Crippen LogP contribution >= 0.6 is 15.9 Å². The van der Waals surface area contributed by atoms with Crippen LogP contribution in [0.2, 0.25) is 0 Å². The molecule has 8 heteroatoms. The van der Waals surface area contributed by atoms with Crippen molar-refractivity contribution in [3.05, 3.63) is 28.2 Å². The van der Waals surface area contributed by atoms with Gasteiger partial charge in [-0.1, -0.05) is 16.0 Å². The fraction of sp³-hybridized carbons (Fsp3) is 0.200. The zero-order chi connectivity index (χ0) is 13.1. The van der Waals surface area contributed by atoms with Gasteiger partial charge in [0.2, 0.25) is 0 Å². The smallest absolute Gasteiger partial charge is 0.263 e. The summed E-state index contributed by atoms with van der Waals surface area (Å²) in [6.07, 6.45) is 1.64. The van der Waals surface area contributed by atoms with Crippen LogP contribution in [0.15, 0.2) is 27.8 Å². The number of tetrazole rings is 1. The molecular formula is C10H12BrN7. The lowest BCUT2D eigenvalue weighted by Gasteiger charge is -2.14. The molecule has 0 aliphatic heterocycles. The van der Waals surface area contributed by atoms with Gasteiger partial charge >= 0.3 is 0 Å². The number of halogens is 1. The molecule has 1 aromatic carbocycles. The summed E-state index contributed by atoms with van der Waals surface area (Å²) in [5.41, 5.74) is 7.51. The molecule has 0 aliphatic carbocycles. The number of hydrogen-bond acceptors (Lipinski definition) is 6. The highest BCUT2D eigenvalue weighted by molar-refractivity contribution is 9.10. The van der Waals surface area contributed by atoms with Crippen LogP contribution in [-0.2, 0) is 0 Å². The molecule has 0 atom stereocenters. The quantitative estimate of drug-likeness (QED) is 0.854. The minimum absolute atomic E-state index is 0.148. The van der Waals surface area contributed by atoms with E-state index in [1.807, 2.05) is 37.2 Å². The van der Waals surface area contributed by atoms with Crippen LogP contribution < -0.4 is 10.6 Å². The molecule has 18 heavy (non-hydrogen) atoms. The highest BCUT2D eigenvalue weighted by atomic mass is 79.9. The van der Waals surface area contributed by atoms with Gasteiger partial charge in [-0.25, -0.2) is 0 Å². The minimum Gasteiger partial charge on any atom is -0.377 e. The normalized spacial score (nSPS) is 11.1. The molecule has 2 rings (SSSR count). The van der Waals surface area contributed by atoms with Gasteiger partial charge in [0.05, 0.1) is 11.9 Å². The van der Waals surface area contributed by atoms with Crippen LogP contribution in [0, 0.1) is 0 Å². The van der Waals surface area contributed by atoms with Crippen LogP contribution in [0.5, 0.6) is 0 Å². The van der Waals surface area contributed by atoms with Crippen LogP contribution in [0.4, 0.5) is 11.6 Å². The van der Waals surface area contributed by atoms with Crippen molar-refractivity contribution >= 4 is 33.8 Å². The van der Waals surface area contributed by atoms with Crippen LogP contribution in [0.25, 0.3) is 0 Å². The van der Waals surface area contributed by atoms with Gasteiger partial charge in [-0.3, -0.25) is 0 Å². The molecule has 94 valence electrons. The summed E-state index contributed by atoms with van der Waals surface area (Å²) in [6.45, 7) is 0. The summed E-state index contributed by atoms with van der Waals surface area (Å²) in [5, 5.41) is 14.6. The average molecular weight is 310 g/mol. The van der Waals surface area contributed by atoms with Crippen molar-refractivity contribution in [2.45, 2.75) is 0 Å². The molecule has 1 heterocycles. The molecule has 0 saturated carbocycles. The van der Waals surface area contributed by atoms with Crippen molar-refractivity contribution in [2.24, 2.45) is 5.10 Å². The van der Waals surface area contributed by atoms with Gasteiger partial charge in [0, 0.05) is 18.6 Å². The summed E-state index contributed by atoms with van der Waals surface area (Å²) in [6, 6.07) is 5.90. The van der Waals surface area contributed by atoms with Crippen molar-refractivity contribution in [1.29, 1.82) is 0 Å². The summed E-state index contributed by atoms with van der Waals surface area (Å²) in [5.74, 6) is 0.148. The number of aromatic nitrogens is 4. The van der Waals surface area contributed by atoms with Gasteiger partial charge < -0.3 is 10.6 Å². The number of nitrogens with two attached hydrogens (primary N) is 1. The Balaban J connectivity index is 2.23. The molecule has 0 spiro atoms. The lowest BCUT2D eigenvalue weighted by molar-refractivity contribution is 0.699. The first-order valence-corrected chi connectivity index (χ1v) is 5.92. The standard InChI is InChI=1S/C10H12BrN7/c1-17(2)9-4-3-7(5-8(9)11)6-13-18-10(12)14-15-16-18/h3-6H,1-2H3,(H2,12,14,16)/b13-6+. The molecule has 0 amide bonds. The first kappa shape index (κ1) is 12.5. The van der Waals surface area contributed by atoms with E-state index in [1.54, 1.807) is 6.21 Å². The van der Waals surface area contributed by atoms with Crippen molar-refractivity contribution < 1.29 is 0 Å². The van der Waals surface area contributed by atoms with Crippen LogP contribution in [-0.4, -0.2) is 40.6 Å². The highest BCUT2D eigenvalue weighted by Crippen LogP contribution is 2.25. The maximum atomic E-state index is 5.50. The lowest BCUT2D eigenvalue weighted by atomic mass is 10.2. The Kier molecular flexibility index (Phi) is 3.56. The molecule has 0 unspecified atom stereocenters. The van der Waals surface area contributed by atoms with Gasteiger partial charge in [0.1, 0.15) is 0 Å². The third kappa shape index (κ3) is 2.65. The molecule has 0 fully saturated rings. The van der Waals surface area contributed by atoms with E-state index in [4.69, 9.17) is 5.73 Å². The molecular weight excluding hydrogens is 298 g/mol. The number of hydrogen-bond donors (Lipinski definition) is 1. The number of rotatable bonds is 3. The lowest BCUT2D eigenvalue weighted by Crippen LogP contribution is -2.09. The van der Waals surface area contributed by atoms with E-state index in [1.165, 1.54) is 0 Å². The number of nitrogens with zero attached hydrogens (tertiary/aromatic N) is 6. The molecule has 2 N–H and O–H groups in total. The first-order chi connectivity index (χ1) is 8.58. The number of benzene rings is 1. The van der Waals surface area contributed by atoms with Crippen LogP contribution in [0.3, 0.4) is 0 Å². The maximum absolute atomic E-state index is 5.50. The summed E-state index contributed by atoms with van der Waals surface area (Å²) < 4.78 is 0.987. The van der Waals surface area contributed by atoms with E-state index in [0.717, 1.165) is 20.5 Å². The van der Waals surface area contributed by atoms with E-state index < -0.39 is 0 Å². The van der Waals surface area contributed by atoms with Crippen molar-refractivity contribution in [3.63, 3.8) is 0 Å². The van der Waals surface area contributed by atoms with Crippen molar-refractivity contribution in [2.75, 3.05) is 24.7 Å².